The zero-order valence-electron chi connectivity index (χ0n) is 14.3. The van der Waals surface area contributed by atoms with Crippen molar-refractivity contribution in [3.63, 3.8) is 0 Å². The minimum Gasteiger partial charge on any atom is -0.385 e. The van der Waals surface area contributed by atoms with Gasteiger partial charge in [-0.1, -0.05) is 13.8 Å². The van der Waals surface area contributed by atoms with Gasteiger partial charge in [-0.25, -0.2) is 0 Å². The van der Waals surface area contributed by atoms with Gasteiger partial charge in [0.1, 0.15) is 12.2 Å². The van der Waals surface area contributed by atoms with Gasteiger partial charge in [-0.15, -0.1) is 10.2 Å². The second-order valence-corrected chi connectivity index (χ2v) is 5.25. The van der Waals surface area contributed by atoms with Crippen LogP contribution in [0.5, 0.6) is 0 Å². The van der Waals surface area contributed by atoms with Gasteiger partial charge in [0.15, 0.2) is 5.96 Å². The topological polar surface area (TPSA) is 76.4 Å². The van der Waals surface area contributed by atoms with Gasteiger partial charge in [0, 0.05) is 45.8 Å². The van der Waals surface area contributed by atoms with Gasteiger partial charge in [-0.3, -0.25) is 4.99 Å². The summed E-state index contributed by atoms with van der Waals surface area (Å²) in [5.74, 6) is 1.87. The van der Waals surface area contributed by atoms with Gasteiger partial charge in [0.2, 0.25) is 0 Å². The Labute approximate surface area is 133 Å². The molecule has 0 bridgehead atoms. The number of nitrogens with zero attached hydrogens (tertiary/aromatic N) is 4. The molecule has 1 heterocycles. The first-order valence-corrected chi connectivity index (χ1v) is 8.11. The highest BCUT2D eigenvalue weighted by Crippen LogP contribution is 1.95. The molecule has 0 aromatic carbocycles. The van der Waals surface area contributed by atoms with Gasteiger partial charge in [-0.2, -0.15) is 0 Å². The summed E-state index contributed by atoms with van der Waals surface area (Å²) in [6.45, 7) is 9.51. The first kappa shape index (κ1) is 18.4. The Morgan fingerprint density at radius 2 is 2.27 bits per heavy atom. The summed E-state index contributed by atoms with van der Waals surface area (Å²) in [5.41, 5.74) is 0. The van der Waals surface area contributed by atoms with Crippen molar-refractivity contribution in [2.75, 3.05) is 26.8 Å². The quantitative estimate of drug-likeness (QED) is 0.386. The lowest BCUT2D eigenvalue weighted by Crippen LogP contribution is -2.43. The molecule has 0 aliphatic rings. The minimum absolute atomic E-state index is 0.398. The number of aromatic nitrogens is 3. The van der Waals surface area contributed by atoms with E-state index in [4.69, 9.17) is 4.74 Å². The molecule has 7 nitrogen and oxygen atoms in total. The highest BCUT2D eigenvalue weighted by Gasteiger charge is 2.05. The van der Waals surface area contributed by atoms with Crippen molar-refractivity contribution in [2.45, 2.75) is 52.6 Å². The summed E-state index contributed by atoms with van der Waals surface area (Å²) < 4.78 is 7.12. The molecule has 1 aromatic heterocycles. The highest BCUT2D eigenvalue weighted by molar-refractivity contribution is 5.80. The number of methoxy groups -OCH3 is 1. The van der Waals surface area contributed by atoms with E-state index in [-0.39, 0.29) is 0 Å². The maximum atomic E-state index is 5.05. The average molecular weight is 310 g/mol. The molecule has 1 aromatic rings. The molecule has 0 aliphatic carbocycles. The molecular weight excluding hydrogens is 280 g/mol. The van der Waals surface area contributed by atoms with Crippen LogP contribution >= 0.6 is 0 Å². The molecule has 0 aliphatic heterocycles. The van der Waals surface area contributed by atoms with Crippen LogP contribution in [0.15, 0.2) is 11.3 Å². The number of guanidine groups is 1. The SMILES string of the molecule is CCc1nncn1CCNC(=NCCCOC)NC(C)CC. The monoisotopic (exact) mass is 310 g/mol. The highest BCUT2D eigenvalue weighted by atomic mass is 16.5. The lowest BCUT2D eigenvalue weighted by Gasteiger charge is -2.17. The molecule has 1 unspecified atom stereocenters. The van der Waals surface area contributed by atoms with Crippen molar-refractivity contribution in [3.05, 3.63) is 12.2 Å². The van der Waals surface area contributed by atoms with E-state index < -0.39 is 0 Å². The van der Waals surface area contributed by atoms with Crippen LogP contribution in [0, 0.1) is 0 Å². The molecule has 0 radical (unpaired) electrons. The Hall–Kier alpha value is -1.63. The molecule has 0 fully saturated rings. The van der Waals surface area contributed by atoms with Gasteiger partial charge in [-0.05, 0) is 19.8 Å². The van der Waals surface area contributed by atoms with Crippen LogP contribution in [0.4, 0.5) is 0 Å². The first-order chi connectivity index (χ1) is 10.7. The van der Waals surface area contributed by atoms with E-state index in [1.54, 1.807) is 13.4 Å². The predicted octanol–water partition coefficient (Wildman–Crippen LogP) is 1.21. The Morgan fingerprint density at radius 3 is 2.95 bits per heavy atom. The lowest BCUT2D eigenvalue weighted by atomic mass is 10.3. The smallest absolute Gasteiger partial charge is 0.191 e. The van der Waals surface area contributed by atoms with Crippen LogP contribution in [0.1, 0.15) is 39.4 Å². The van der Waals surface area contributed by atoms with Crippen LogP contribution in [0.25, 0.3) is 0 Å². The molecule has 2 N–H and O–H groups in total. The molecule has 0 saturated carbocycles. The van der Waals surface area contributed by atoms with E-state index in [9.17, 15) is 0 Å². The predicted molar refractivity (Wildman–Crippen MR) is 89.1 cm³/mol. The molecule has 1 rings (SSSR count). The normalized spacial score (nSPS) is 13.2. The van der Waals surface area contributed by atoms with Gasteiger partial charge >= 0.3 is 0 Å². The number of rotatable bonds is 10. The van der Waals surface area contributed by atoms with Crippen molar-refractivity contribution in [1.29, 1.82) is 0 Å². The Balaban J connectivity index is 2.45. The van der Waals surface area contributed by atoms with E-state index in [1.165, 1.54) is 0 Å². The number of aryl methyl sites for hydroxylation is 1. The van der Waals surface area contributed by atoms with Crippen molar-refractivity contribution in [1.82, 2.24) is 25.4 Å². The van der Waals surface area contributed by atoms with E-state index in [2.05, 4.69) is 51.2 Å². The summed E-state index contributed by atoms with van der Waals surface area (Å²) in [6, 6.07) is 0.398. The molecule has 126 valence electrons. The number of nitrogens with one attached hydrogen (secondary N) is 2. The summed E-state index contributed by atoms with van der Waals surface area (Å²) in [7, 11) is 1.71. The molecule has 7 heteroatoms. The standard InChI is InChI=1S/C15H30N6O/c1-5-13(3)19-15(16-8-7-11-22-4)17-9-10-21-12-18-20-14(21)6-2/h12-13H,5-11H2,1-4H3,(H2,16,17,19). The van der Waals surface area contributed by atoms with E-state index in [1.807, 2.05) is 0 Å². The number of ether oxygens (including phenoxy) is 1. The third kappa shape index (κ3) is 6.89. The Morgan fingerprint density at radius 1 is 1.45 bits per heavy atom. The van der Waals surface area contributed by atoms with Crippen molar-refractivity contribution >= 4 is 5.96 Å². The zero-order chi connectivity index (χ0) is 16.2. The third-order valence-electron chi connectivity index (χ3n) is 3.43. The Bertz CT molecular complexity index is 431. The van der Waals surface area contributed by atoms with Gasteiger partial charge in [0.05, 0.1) is 0 Å². The first-order valence-electron chi connectivity index (χ1n) is 8.11. The van der Waals surface area contributed by atoms with E-state index >= 15 is 0 Å². The summed E-state index contributed by atoms with van der Waals surface area (Å²) in [6.07, 6.45) is 4.65. The zero-order valence-corrected chi connectivity index (χ0v) is 14.3. The molecule has 0 spiro atoms. The van der Waals surface area contributed by atoms with Crippen LogP contribution < -0.4 is 10.6 Å². The van der Waals surface area contributed by atoms with Crippen molar-refractivity contribution < 1.29 is 4.74 Å². The molecular formula is C15H30N6O. The Kier molecular flexibility index (Phi) is 9.21. The van der Waals surface area contributed by atoms with Gasteiger partial charge < -0.3 is 19.9 Å². The largest absolute Gasteiger partial charge is 0.385 e. The van der Waals surface area contributed by atoms with Crippen LogP contribution in [-0.4, -0.2) is 53.6 Å². The molecule has 0 amide bonds. The third-order valence-corrected chi connectivity index (χ3v) is 3.43. The number of hydrogen-bond acceptors (Lipinski definition) is 4. The van der Waals surface area contributed by atoms with Crippen molar-refractivity contribution in [3.8, 4) is 0 Å². The molecule has 22 heavy (non-hydrogen) atoms. The second-order valence-electron chi connectivity index (χ2n) is 5.25. The fourth-order valence-corrected chi connectivity index (χ4v) is 1.92. The van der Waals surface area contributed by atoms with Crippen molar-refractivity contribution in [2.24, 2.45) is 4.99 Å². The van der Waals surface area contributed by atoms with E-state index in [0.717, 1.165) is 57.3 Å². The maximum Gasteiger partial charge on any atom is 0.191 e. The number of hydrogen-bond donors (Lipinski definition) is 2. The van der Waals surface area contributed by atoms with Crippen LogP contribution in [0.2, 0.25) is 0 Å². The summed E-state index contributed by atoms with van der Waals surface area (Å²) >= 11 is 0. The van der Waals surface area contributed by atoms with Crippen LogP contribution in [0.3, 0.4) is 0 Å². The second kappa shape index (κ2) is 11.0. The lowest BCUT2D eigenvalue weighted by molar-refractivity contribution is 0.197. The summed E-state index contributed by atoms with van der Waals surface area (Å²) in [5, 5.41) is 14.8. The fraction of sp³-hybridized carbons (Fsp3) is 0.800. The minimum atomic E-state index is 0.398. The fourth-order valence-electron chi connectivity index (χ4n) is 1.92. The van der Waals surface area contributed by atoms with E-state index in [0.29, 0.717) is 6.04 Å². The molecule has 0 saturated heterocycles. The number of aliphatic imine (C=N–C) groups is 1. The summed E-state index contributed by atoms with van der Waals surface area (Å²) in [4.78, 5) is 4.58. The average Bonchev–Trinajstić information content (AvgIpc) is 2.98. The molecule has 1 atom stereocenters. The van der Waals surface area contributed by atoms with Gasteiger partial charge in [0.25, 0.3) is 0 Å². The van der Waals surface area contributed by atoms with Crippen LogP contribution in [-0.2, 0) is 17.7 Å². The maximum absolute atomic E-state index is 5.05.